The predicted octanol–water partition coefficient (Wildman–Crippen LogP) is 0.00220. The predicted molar refractivity (Wildman–Crippen MR) is 72.9 cm³/mol. The Morgan fingerprint density at radius 3 is 2.89 bits per heavy atom. The highest BCUT2D eigenvalue weighted by molar-refractivity contribution is 5.84. The third-order valence-electron chi connectivity index (χ3n) is 3.86. The molecule has 19 heavy (non-hydrogen) atoms. The number of piperidine rings is 1. The molecule has 2 heterocycles. The molecule has 3 amide bonds. The number of likely N-dealkylation sites (N-methyl/N-ethyl adjacent to an activating group) is 1. The Kier molecular flexibility index (Phi) is 5.01. The summed E-state index contributed by atoms with van der Waals surface area (Å²) in [4.78, 5) is 26.6. The zero-order valence-corrected chi connectivity index (χ0v) is 11.7. The second-order valence-corrected chi connectivity index (χ2v) is 5.41. The van der Waals surface area contributed by atoms with Crippen LogP contribution >= 0.6 is 0 Å². The molecule has 2 aliphatic rings. The zero-order valence-electron chi connectivity index (χ0n) is 11.7. The summed E-state index contributed by atoms with van der Waals surface area (Å²) in [7, 11) is 1.76. The average Bonchev–Trinajstić information content (AvgIpc) is 2.72. The van der Waals surface area contributed by atoms with E-state index in [0.717, 1.165) is 13.0 Å². The fourth-order valence-electron chi connectivity index (χ4n) is 2.64. The zero-order chi connectivity index (χ0) is 13.7. The van der Waals surface area contributed by atoms with E-state index in [2.05, 4.69) is 10.6 Å². The van der Waals surface area contributed by atoms with E-state index >= 15 is 0 Å². The number of urea groups is 1. The molecule has 0 saturated carbocycles. The lowest BCUT2D eigenvalue weighted by molar-refractivity contribution is -0.121. The second kappa shape index (κ2) is 6.75. The Balaban J connectivity index is 1.60. The maximum Gasteiger partial charge on any atom is 0.320 e. The highest BCUT2D eigenvalue weighted by atomic mass is 16.2. The quantitative estimate of drug-likeness (QED) is 0.738. The van der Waals surface area contributed by atoms with Crippen molar-refractivity contribution in [3.8, 4) is 0 Å². The van der Waals surface area contributed by atoms with Gasteiger partial charge in [-0.25, -0.2) is 4.79 Å². The molecule has 6 heteroatoms. The van der Waals surface area contributed by atoms with Gasteiger partial charge in [0.05, 0.1) is 0 Å². The summed E-state index contributed by atoms with van der Waals surface area (Å²) in [5, 5.41) is 6.36. The van der Waals surface area contributed by atoms with Crippen LogP contribution in [0.4, 0.5) is 4.79 Å². The molecule has 2 aliphatic heterocycles. The lowest BCUT2D eigenvalue weighted by atomic mass is 10.0. The molecule has 0 unspecified atom stereocenters. The van der Waals surface area contributed by atoms with Gasteiger partial charge in [-0.05, 0) is 25.8 Å². The number of amides is 3. The van der Waals surface area contributed by atoms with Gasteiger partial charge in [0.25, 0.3) is 0 Å². The summed E-state index contributed by atoms with van der Waals surface area (Å²) < 4.78 is 0. The van der Waals surface area contributed by atoms with Gasteiger partial charge in [-0.2, -0.15) is 0 Å². The Morgan fingerprint density at radius 1 is 1.42 bits per heavy atom. The largest absolute Gasteiger partial charge is 0.355 e. The fraction of sp³-hybridized carbons (Fsp3) is 0.846. The van der Waals surface area contributed by atoms with Crippen LogP contribution in [0.2, 0.25) is 0 Å². The van der Waals surface area contributed by atoms with Crippen LogP contribution in [0.25, 0.3) is 0 Å². The number of nitrogens with one attached hydrogen (secondary N) is 2. The van der Waals surface area contributed by atoms with Crippen molar-refractivity contribution in [2.75, 3.05) is 39.8 Å². The molecule has 0 bridgehead atoms. The van der Waals surface area contributed by atoms with Crippen molar-refractivity contribution >= 4 is 11.9 Å². The monoisotopic (exact) mass is 268 g/mol. The first kappa shape index (κ1) is 14.1. The normalized spacial score (nSPS) is 23.8. The maximum absolute atomic E-state index is 11.7. The van der Waals surface area contributed by atoms with Crippen LogP contribution in [0.1, 0.15) is 25.7 Å². The lowest BCUT2D eigenvalue weighted by Gasteiger charge is -2.23. The topological polar surface area (TPSA) is 64.7 Å². The summed E-state index contributed by atoms with van der Waals surface area (Å²) in [6.45, 7) is 3.31. The van der Waals surface area contributed by atoms with Crippen molar-refractivity contribution in [2.24, 2.45) is 0 Å². The molecule has 0 aliphatic carbocycles. The molecule has 0 radical (unpaired) electrons. The Hall–Kier alpha value is -1.30. The minimum absolute atomic E-state index is 0.0518. The summed E-state index contributed by atoms with van der Waals surface area (Å²) in [5.74, 6) is -0.0561. The van der Waals surface area contributed by atoms with E-state index in [4.69, 9.17) is 0 Å². The van der Waals surface area contributed by atoms with Gasteiger partial charge in [0.15, 0.2) is 0 Å². The fourth-order valence-corrected chi connectivity index (χ4v) is 2.64. The minimum atomic E-state index is -0.0561. The maximum atomic E-state index is 11.7. The van der Waals surface area contributed by atoms with Gasteiger partial charge in [0, 0.05) is 32.7 Å². The third-order valence-corrected chi connectivity index (χ3v) is 3.86. The van der Waals surface area contributed by atoms with E-state index in [1.54, 1.807) is 16.8 Å². The van der Waals surface area contributed by atoms with Gasteiger partial charge in [-0.1, -0.05) is 6.42 Å². The van der Waals surface area contributed by atoms with Gasteiger partial charge in [0.1, 0.15) is 6.54 Å². The SMILES string of the molecule is CN1CCN(CC(=O)NCC[C@H]2CCCCN2)C1=O. The van der Waals surface area contributed by atoms with Gasteiger partial charge in [-0.15, -0.1) is 0 Å². The average molecular weight is 268 g/mol. The molecule has 6 nitrogen and oxygen atoms in total. The molecule has 0 aromatic rings. The number of hydrogen-bond acceptors (Lipinski definition) is 3. The van der Waals surface area contributed by atoms with E-state index in [1.165, 1.54) is 19.3 Å². The number of hydrogen-bond donors (Lipinski definition) is 2. The first-order valence-electron chi connectivity index (χ1n) is 7.17. The summed E-state index contributed by atoms with van der Waals surface area (Å²) in [6.07, 6.45) is 4.71. The highest BCUT2D eigenvalue weighted by Crippen LogP contribution is 2.09. The van der Waals surface area contributed by atoms with Crippen LogP contribution in [0.15, 0.2) is 0 Å². The van der Waals surface area contributed by atoms with E-state index in [0.29, 0.717) is 25.7 Å². The Bertz CT molecular complexity index is 329. The molecule has 2 fully saturated rings. The lowest BCUT2D eigenvalue weighted by Crippen LogP contribution is -2.41. The minimum Gasteiger partial charge on any atom is -0.355 e. The van der Waals surface area contributed by atoms with Gasteiger partial charge < -0.3 is 20.4 Å². The molecule has 1 atom stereocenters. The van der Waals surface area contributed by atoms with Crippen molar-refractivity contribution in [1.82, 2.24) is 20.4 Å². The van der Waals surface area contributed by atoms with Crippen LogP contribution in [0.5, 0.6) is 0 Å². The van der Waals surface area contributed by atoms with Crippen LogP contribution in [0, 0.1) is 0 Å². The molecule has 0 spiro atoms. The Morgan fingerprint density at radius 2 is 2.26 bits per heavy atom. The number of rotatable bonds is 5. The molecule has 2 N–H and O–H groups in total. The van der Waals surface area contributed by atoms with Crippen LogP contribution in [-0.2, 0) is 4.79 Å². The van der Waals surface area contributed by atoms with Crippen molar-refractivity contribution in [3.05, 3.63) is 0 Å². The summed E-state index contributed by atoms with van der Waals surface area (Å²) in [6, 6.07) is 0.484. The van der Waals surface area contributed by atoms with Crippen molar-refractivity contribution in [1.29, 1.82) is 0 Å². The van der Waals surface area contributed by atoms with Gasteiger partial charge in [-0.3, -0.25) is 4.79 Å². The molecule has 108 valence electrons. The molecular formula is C13H24N4O2. The van der Waals surface area contributed by atoms with Crippen LogP contribution < -0.4 is 10.6 Å². The van der Waals surface area contributed by atoms with E-state index in [-0.39, 0.29) is 18.5 Å². The molecular weight excluding hydrogens is 244 g/mol. The van der Waals surface area contributed by atoms with E-state index in [1.807, 2.05) is 0 Å². The van der Waals surface area contributed by atoms with E-state index in [9.17, 15) is 9.59 Å². The molecule has 0 aromatic heterocycles. The standard InChI is InChI=1S/C13H24N4O2/c1-16-8-9-17(13(16)19)10-12(18)15-7-5-11-4-2-3-6-14-11/h11,14H,2-10H2,1H3,(H,15,18)/t11-/m1/s1. The van der Waals surface area contributed by atoms with Crippen molar-refractivity contribution < 1.29 is 9.59 Å². The molecule has 2 rings (SSSR count). The summed E-state index contributed by atoms with van der Waals surface area (Å²) in [5.41, 5.74) is 0. The van der Waals surface area contributed by atoms with Crippen LogP contribution in [-0.4, -0.2) is 67.6 Å². The first-order valence-corrected chi connectivity index (χ1v) is 7.17. The van der Waals surface area contributed by atoms with Crippen molar-refractivity contribution in [3.63, 3.8) is 0 Å². The molecule has 2 saturated heterocycles. The third kappa shape index (κ3) is 4.09. The second-order valence-electron chi connectivity index (χ2n) is 5.41. The smallest absolute Gasteiger partial charge is 0.320 e. The van der Waals surface area contributed by atoms with E-state index < -0.39 is 0 Å². The number of carbonyl (C=O) groups excluding carboxylic acids is 2. The number of nitrogens with zero attached hydrogens (tertiary/aromatic N) is 2. The van der Waals surface area contributed by atoms with Gasteiger partial charge >= 0.3 is 6.03 Å². The highest BCUT2D eigenvalue weighted by Gasteiger charge is 2.26. The summed E-state index contributed by atoms with van der Waals surface area (Å²) >= 11 is 0. The van der Waals surface area contributed by atoms with Gasteiger partial charge in [0.2, 0.25) is 5.91 Å². The van der Waals surface area contributed by atoms with Crippen LogP contribution in [0.3, 0.4) is 0 Å². The molecule has 0 aromatic carbocycles. The van der Waals surface area contributed by atoms with Crippen molar-refractivity contribution in [2.45, 2.75) is 31.7 Å². The number of carbonyl (C=O) groups is 2. The first-order chi connectivity index (χ1) is 9.16. The Labute approximate surface area is 114 Å².